The number of carbonyl (C=O) groups is 1. The Morgan fingerprint density at radius 2 is 2.10 bits per heavy atom. The second-order valence-electron chi connectivity index (χ2n) is 5.22. The van der Waals surface area contributed by atoms with Gasteiger partial charge in [-0.3, -0.25) is 0 Å². The molecule has 0 fully saturated rings. The molecule has 0 amide bonds. The van der Waals surface area contributed by atoms with Gasteiger partial charge in [-0.2, -0.15) is 0 Å². The lowest BCUT2D eigenvalue weighted by Crippen LogP contribution is -2.11. The van der Waals surface area contributed by atoms with Crippen LogP contribution in [-0.4, -0.2) is 22.6 Å². The summed E-state index contributed by atoms with van der Waals surface area (Å²) in [5.41, 5.74) is 1.56. The largest absolute Gasteiger partial charge is 0.465 e. The van der Waals surface area contributed by atoms with Crippen LogP contribution in [0.3, 0.4) is 0 Å². The molecule has 0 aliphatic rings. The van der Waals surface area contributed by atoms with Crippen molar-refractivity contribution in [2.24, 2.45) is 5.92 Å². The number of hydrogen-bond acceptors (Lipinski definition) is 3. The van der Waals surface area contributed by atoms with Crippen LogP contribution in [0.1, 0.15) is 35.6 Å². The van der Waals surface area contributed by atoms with Gasteiger partial charge in [-0.25, -0.2) is 9.78 Å². The Labute approximate surface area is 119 Å². The van der Waals surface area contributed by atoms with E-state index in [9.17, 15) is 4.79 Å². The lowest BCUT2D eigenvalue weighted by atomic mass is 10.1. The molecule has 0 aliphatic heterocycles. The number of ether oxygens (including phenoxy) is 1. The SMILES string of the molecule is COC(=O)c1ccccc1Cn1ccnc1CC(C)C. The van der Waals surface area contributed by atoms with Crippen molar-refractivity contribution in [2.75, 3.05) is 7.11 Å². The molecule has 4 heteroatoms. The summed E-state index contributed by atoms with van der Waals surface area (Å²) in [7, 11) is 1.40. The van der Waals surface area contributed by atoms with E-state index in [0.29, 0.717) is 18.0 Å². The Bertz CT molecular complexity index is 588. The summed E-state index contributed by atoms with van der Waals surface area (Å²) in [6.45, 7) is 4.97. The van der Waals surface area contributed by atoms with Gasteiger partial charge in [-0.1, -0.05) is 32.0 Å². The minimum absolute atomic E-state index is 0.300. The van der Waals surface area contributed by atoms with Crippen molar-refractivity contribution in [3.8, 4) is 0 Å². The Balaban J connectivity index is 2.27. The average Bonchev–Trinajstić information content (AvgIpc) is 2.85. The Hall–Kier alpha value is -2.10. The van der Waals surface area contributed by atoms with Gasteiger partial charge in [0.25, 0.3) is 0 Å². The molecule has 0 saturated carbocycles. The molecule has 0 aliphatic carbocycles. The van der Waals surface area contributed by atoms with E-state index in [1.807, 2.05) is 24.4 Å². The van der Waals surface area contributed by atoms with Gasteiger partial charge in [0.1, 0.15) is 5.82 Å². The molecule has 106 valence electrons. The van der Waals surface area contributed by atoms with Crippen LogP contribution in [0, 0.1) is 5.92 Å². The fourth-order valence-corrected chi connectivity index (χ4v) is 2.19. The third-order valence-electron chi connectivity index (χ3n) is 3.16. The van der Waals surface area contributed by atoms with Crippen LogP contribution in [0.2, 0.25) is 0 Å². The summed E-state index contributed by atoms with van der Waals surface area (Å²) in [6.07, 6.45) is 4.68. The van der Waals surface area contributed by atoms with Crippen LogP contribution in [-0.2, 0) is 17.7 Å². The predicted octanol–water partition coefficient (Wildman–Crippen LogP) is 2.92. The standard InChI is InChI=1S/C16H20N2O2/c1-12(2)10-15-17-8-9-18(15)11-13-6-4-5-7-14(13)16(19)20-3/h4-9,12H,10-11H2,1-3H3. The third-order valence-corrected chi connectivity index (χ3v) is 3.16. The van der Waals surface area contributed by atoms with Gasteiger partial charge in [0.2, 0.25) is 0 Å². The maximum absolute atomic E-state index is 11.8. The smallest absolute Gasteiger partial charge is 0.338 e. The van der Waals surface area contributed by atoms with Crippen LogP contribution in [0.25, 0.3) is 0 Å². The van der Waals surface area contributed by atoms with Gasteiger partial charge >= 0.3 is 5.97 Å². The number of carbonyl (C=O) groups excluding carboxylic acids is 1. The van der Waals surface area contributed by atoms with Gasteiger partial charge in [-0.15, -0.1) is 0 Å². The van der Waals surface area contributed by atoms with Crippen LogP contribution in [0.4, 0.5) is 0 Å². The average molecular weight is 272 g/mol. The van der Waals surface area contributed by atoms with Crippen molar-refractivity contribution in [3.63, 3.8) is 0 Å². The van der Waals surface area contributed by atoms with Gasteiger partial charge in [0.05, 0.1) is 12.7 Å². The minimum Gasteiger partial charge on any atom is -0.465 e. The summed E-state index contributed by atoms with van der Waals surface area (Å²) < 4.78 is 6.91. The number of esters is 1. The van der Waals surface area contributed by atoms with Crippen LogP contribution < -0.4 is 0 Å². The molecule has 0 bridgehead atoms. The molecule has 4 nitrogen and oxygen atoms in total. The van der Waals surface area contributed by atoms with E-state index in [1.54, 1.807) is 12.3 Å². The molecule has 0 atom stereocenters. The molecule has 0 N–H and O–H groups in total. The second-order valence-corrected chi connectivity index (χ2v) is 5.22. The van der Waals surface area contributed by atoms with E-state index in [4.69, 9.17) is 4.74 Å². The lowest BCUT2D eigenvalue weighted by molar-refractivity contribution is 0.0599. The first kappa shape index (κ1) is 14.3. The molecular formula is C16H20N2O2. The van der Waals surface area contributed by atoms with E-state index in [2.05, 4.69) is 23.4 Å². The number of rotatable bonds is 5. The van der Waals surface area contributed by atoms with E-state index in [-0.39, 0.29) is 5.97 Å². The van der Waals surface area contributed by atoms with Crippen molar-refractivity contribution in [1.82, 2.24) is 9.55 Å². The number of methoxy groups -OCH3 is 1. The Morgan fingerprint density at radius 3 is 2.80 bits per heavy atom. The molecular weight excluding hydrogens is 252 g/mol. The first-order valence-corrected chi connectivity index (χ1v) is 6.78. The molecule has 1 aromatic carbocycles. The van der Waals surface area contributed by atoms with Gasteiger partial charge in [0, 0.05) is 25.4 Å². The van der Waals surface area contributed by atoms with Crippen LogP contribution in [0.5, 0.6) is 0 Å². The van der Waals surface area contributed by atoms with Gasteiger partial charge < -0.3 is 9.30 Å². The van der Waals surface area contributed by atoms with Crippen LogP contribution in [0.15, 0.2) is 36.7 Å². The number of hydrogen-bond donors (Lipinski definition) is 0. The summed E-state index contributed by atoms with van der Waals surface area (Å²) in [5, 5.41) is 0. The number of aromatic nitrogens is 2. The highest BCUT2D eigenvalue weighted by Gasteiger charge is 2.13. The zero-order chi connectivity index (χ0) is 14.5. The summed E-state index contributed by atoms with van der Waals surface area (Å²) >= 11 is 0. The molecule has 1 aromatic heterocycles. The van der Waals surface area contributed by atoms with Crippen molar-refractivity contribution in [1.29, 1.82) is 0 Å². The quantitative estimate of drug-likeness (QED) is 0.786. The number of imidazole rings is 1. The molecule has 0 radical (unpaired) electrons. The molecule has 0 unspecified atom stereocenters. The fraction of sp³-hybridized carbons (Fsp3) is 0.375. The van der Waals surface area contributed by atoms with Crippen LogP contribution >= 0.6 is 0 Å². The minimum atomic E-state index is -0.300. The topological polar surface area (TPSA) is 44.1 Å². The zero-order valence-electron chi connectivity index (χ0n) is 12.2. The van der Waals surface area contributed by atoms with E-state index >= 15 is 0 Å². The van der Waals surface area contributed by atoms with Crippen molar-refractivity contribution in [3.05, 3.63) is 53.6 Å². The predicted molar refractivity (Wildman–Crippen MR) is 77.7 cm³/mol. The first-order valence-electron chi connectivity index (χ1n) is 6.78. The molecule has 1 heterocycles. The molecule has 20 heavy (non-hydrogen) atoms. The lowest BCUT2D eigenvalue weighted by Gasteiger charge is -2.12. The maximum Gasteiger partial charge on any atom is 0.338 e. The van der Waals surface area contributed by atoms with E-state index < -0.39 is 0 Å². The third kappa shape index (κ3) is 3.26. The highest BCUT2D eigenvalue weighted by Crippen LogP contribution is 2.14. The fourth-order valence-electron chi connectivity index (χ4n) is 2.19. The summed E-state index contributed by atoms with van der Waals surface area (Å²) in [6, 6.07) is 7.52. The maximum atomic E-state index is 11.8. The molecule has 0 saturated heterocycles. The highest BCUT2D eigenvalue weighted by molar-refractivity contribution is 5.90. The first-order chi connectivity index (χ1) is 9.61. The second kappa shape index (κ2) is 6.37. The Morgan fingerprint density at radius 1 is 1.35 bits per heavy atom. The highest BCUT2D eigenvalue weighted by atomic mass is 16.5. The van der Waals surface area contributed by atoms with E-state index in [1.165, 1.54) is 7.11 Å². The van der Waals surface area contributed by atoms with Gasteiger partial charge in [-0.05, 0) is 17.5 Å². The molecule has 2 aromatic rings. The number of nitrogens with zero attached hydrogens (tertiary/aromatic N) is 2. The van der Waals surface area contributed by atoms with Gasteiger partial charge in [0.15, 0.2) is 0 Å². The van der Waals surface area contributed by atoms with Crippen molar-refractivity contribution >= 4 is 5.97 Å². The van der Waals surface area contributed by atoms with Crippen molar-refractivity contribution < 1.29 is 9.53 Å². The summed E-state index contributed by atoms with van der Waals surface area (Å²) in [4.78, 5) is 16.2. The summed E-state index contributed by atoms with van der Waals surface area (Å²) in [5.74, 6) is 1.29. The monoisotopic (exact) mass is 272 g/mol. The van der Waals surface area contributed by atoms with Crippen molar-refractivity contribution in [2.45, 2.75) is 26.8 Å². The zero-order valence-corrected chi connectivity index (χ0v) is 12.2. The Kier molecular flexibility index (Phi) is 4.56. The molecule has 2 rings (SSSR count). The van der Waals surface area contributed by atoms with E-state index in [0.717, 1.165) is 17.8 Å². The number of benzene rings is 1. The molecule has 0 spiro atoms. The normalized spacial score (nSPS) is 10.8.